The number of hydrogen-bond acceptors (Lipinski definition) is 8. The molecule has 0 spiro atoms. The van der Waals surface area contributed by atoms with Crippen molar-refractivity contribution in [2.75, 3.05) is 26.4 Å². The Bertz CT molecular complexity index is 403. The van der Waals surface area contributed by atoms with Crippen LogP contribution in [0.2, 0.25) is 0 Å². The summed E-state index contributed by atoms with van der Waals surface area (Å²) < 4.78 is 58.2. The molecule has 9 nitrogen and oxygen atoms in total. The second kappa shape index (κ2) is 7.82. The molecular formula is C7H15O9PS. The fourth-order valence-corrected chi connectivity index (χ4v) is 2.32. The van der Waals surface area contributed by atoms with E-state index in [9.17, 15) is 17.8 Å². The van der Waals surface area contributed by atoms with E-state index in [1.807, 2.05) is 0 Å². The van der Waals surface area contributed by atoms with Gasteiger partial charge in [-0.15, -0.1) is 0 Å². The van der Waals surface area contributed by atoms with E-state index in [0.29, 0.717) is 0 Å². The van der Waals surface area contributed by atoms with Gasteiger partial charge in [-0.25, -0.2) is 13.5 Å². The molecule has 0 aromatic heterocycles. The van der Waals surface area contributed by atoms with Gasteiger partial charge in [0.05, 0.1) is 26.4 Å². The minimum Gasteiger partial charge on any atom is -0.457 e. The number of carbonyl (C=O) groups excluding carboxylic acids is 1. The average Bonchev–Trinajstić information content (AvgIpc) is 2.24. The molecule has 18 heavy (non-hydrogen) atoms. The summed E-state index contributed by atoms with van der Waals surface area (Å²) in [7, 11) is -8.74. The summed E-state index contributed by atoms with van der Waals surface area (Å²) in [6.45, 7) is 1.78. The van der Waals surface area contributed by atoms with Crippen LogP contribution < -0.4 is 0 Å². The highest BCUT2D eigenvalue weighted by Gasteiger charge is 2.36. The van der Waals surface area contributed by atoms with E-state index < -0.39 is 36.9 Å². The van der Waals surface area contributed by atoms with Gasteiger partial charge in [0.15, 0.2) is 0 Å². The van der Waals surface area contributed by atoms with Crippen LogP contribution >= 0.6 is 7.60 Å². The van der Waals surface area contributed by atoms with Gasteiger partial charge in [0, 0.05) is 0 Å². The molecular weight excluding hydrogens is 291 g/mol. The highest BCUT2D eigenvalue weighted by molar-refractivity contribution is 7.80. The highest BCUT2D eigenvalue weighted by atomic mass is 32.3. The number of rotatable bonds is 9. The molecule has 0 bridgehead atoms. The monoisotopic (exact) mass is 306 g/mol. The Morgan fingerprint density at radius 1 is 1.17 bits per heavy atom. The van der Waals surface area contributed by atoms with Crippen LogP contribution in [0, 0.1) is 0 Å². The molecule has 0 saturated carbocycles. The van der Waals surface area contributed by atoms with Gasteiger partial charge < -0.3 is 9.26 Å². The van der Waals surface area contributed by atoms with Gasteiger partial charge >= 0.3 is 23.7 Å². The standard InChI is InChI=1S/C7H15O9PS/c1-3-13-7(8)17(9,14-4-2)15-5-6-16-18(10,11)12/h3-6H2,1-2H3,(H,10,11,12). The second-order valence-electron chi connectivity index (χ2n) is 2.70. The maximum atomic E-state index is 11.8. The molecule has 0 radical (unpaired) electrons. The first-order valence-electron chi connectivity index (χ1n) is 4.93. The lowest BCUT2D eigenvalue weighted by atomic mass is 10.8. The minimum absolute atomic E-state index is 0.0131. The van der Waals surface area contributed by atoms with Crippen LogP contribution in [0.5, 0.6) is 0 Å². The second-order valence-corrected chi connectivity index (χ2v) is 5.66. The van der Waals surface area contributed by atoms with E-state index in [1.54, 1.807) is 0 Å². The maximum absolute atomic E-state index is 11.8. The topological polar surface area (TPSA) is 125 Å². The molecule has 11 heteroatoms. The summed E-state index contributed by atoms with van der Waals surface area (Å²) in [6.07, 6.45) is 0. The SMILES string of the molecule is CCOC(=O)P(=O)(OCC)OCCOS(=O)(=O)O. The third kappa shape index (κ3) is 7.04. The molecule has 1 atom stereocenters. The van der Waals surface area contributed by atoms with Crippen LogP contribution in [-0.4, -0.2) is 45.1 Å². The van der Waals surface area contributed by atoms with Crippen molar-refractivity contribution in [1.29, 1.82) is 0 Å². The minimum atomic E-state index is -4.61. The molecule has 0 fully saturated rings. The Morgan fingerprint density at radius 3 is 2.22 bits per heavy atom. The fraction of sp³-hybridized carbons (Fsp3) is 0.857. The lowest BCUT2D eigenvalue weighted by Gasteiger charge is -2.15. The lowest BCUT2D eigenvalue weighted by Crippen LogP contribution is -2.13. The largest absolute Gasteiger partial charge is 0.457 e. The molecule has 0 aliphatic rings. The van der Waals surface area contributed by atoms with Crippen LogP contribution in [0.4, 0.5) is 4.79 Å². The van der Waals surface area contributed by atoms with Crippen molar-refractivity contribution >= 4 is 23.7 Å². The highest BCUT2D eigenvalue weighted by Crippen LogP contribution is 2.49. The third-order valence-corrected chi connectivity index (χ3v) is 3.53. The molecule has 0 aromatic carbocycles. The van der Waals surface area contributed by atoms with Gasteiger partial charge in [-0.3, -0.25) is 9.08 Å². The first-order chi connectivity index (χ1) is 8.25. The molecule has 0 aliphatic carbocycles. The Hall–Kier alpha value is -0.510. The van der Waals surface area contributed by atoms with Crippen molar-refractivity contribution in [3.63, 3.8) is 0 Å². The van der Waals surface area contributed by atoms with E-state index >= 15 is 0 Å². The molecule has 0 aliphatic heterocycles. The Labute approximate surface area is 105 Å². The maximum Gasteiger partial charge on any atom is 0.438 e. The first-order valence-corrected chi connectivity index (χ1v) is 7.84. The van der Waals surface area contributed by atoms with E-state index in [2.05, 4.69) is 18.0 Å². The van der Waals surface area contributed by atoms with Gasteiger partial charge in [0.1, 0.15) is 0 Å². The lowest BCUT2D eigenvalue weighted by molar-refractivity contribution is 0.140. The Morgan fingerprint density at radius 2 is 1.78 bits per heavy atom. The Kier molecular flexibility index (Phi) is 7.60. The zero-order valence-corrected chi connectivity index (χ0v) is 11.6. The summed E-state index contributed by atoms with van der Waals surface area (Å²) >= 11 is 0. The van der Waals surface area contributed by atoms with Crippen molar-refractivity contribution in [2.45, 2.75) is 13.8 Å². The quantitative estimate of drug-likeness (QED) is 0.380. The molecule has 108 valence electrons. The zero-order valence-electron chi connectivity index (χ0n) is 9.90. The molecule has 0 heterocycles. The zero-order chi connectivity index (χ0) is 14.2. The van der Waals surface area contributed by atoms with Crippen molar-refractivity contribution in [2.24, 2.45) is 0 Å². The van der Waals surface area contributed by atoms with E-state index in [1.165, 1.54) is 13.8 Å². The van der Waals surface area contributed by atoms with E-state index in [0.717, 1.165) is 0 Å². The molecule has 0 aromatic rings. The molecule has 1 N–H and O–H groups in total. The Balaban J connectivity index is 4.36. The van der Waals surface area contributed by atoms with Gasteiger partial charge in [0.25, 0.3) is 0 Å². The van der Waals surface area contributed by atoms with Gasteiger partial charge in [-0.05, 0) is 13.8 Å². The van der Waals surface area contributed by atoms with Crippen LogP contribution in [0.25, 0.3) is 0 Å². The van der Waals surface area contributed by atoms with Gasteiger partial charge in [0.2, 0.25) is 0 Å². The summed E-state index contributed by atoms with van der Waals surface area (Å²) in [6, 6.07) is 0. The van der Waals surface area contributed by atoms with Crippen molar-refractivity contribution in [3.05, 3.63) is 0 Å². The number of hydrogen-bond donors (Lipinski definition) is 1. The first kappa shape index (κ1) is 17.5. The van der Waals surface area contributed by atoms with Crippen molar-refractivity contribution in [1.82, 2.24) is 0 Å². The van der Waals surface area contributed by atoms with E-state index in [-0.39, 0.29) is 13.2 Å². The van der Waals surface area contributed by atoms with Crippen molar-refractivity contribution < 1.29 is 40.3 Å². The molecule has 0 amide bonds. The van der Waals surface area contributed by atoms with E-state index in [4.69, 9.17) is 4.55 Å². The molecule has 0 saturated heterocycles. The molecule has 0 rings (SSSR count). The number of carbonyl (C=O) groups is 1. The van der Waals surface area contributed by atoms with Gasteiger partial charge in [-0.2, -0.15) is 8.42 Å². The summed E-state index contributed by atoms with van der Waals surface area (Å²) in [5.74, 6) is 0. The predicted molar refractivity (Wildman–Crippen MR) is 59.7 cm³/mol. The summed E-state index contributed by atoms with van der Waals surface area (Å²) in [4.78, 5) is 11.3. The summed E-state index contributed by atoms with van der Waals surface area (Å²) in [5, 5.41) is 0. The fourth-order valence-electron chi connectivity index (χ4n) is 0.812. The third-order valence-electron chi connectivity index (χ3n) is 1.37. The van der Waals surface area contributed by atoms with Crippen LogP contribution in [-0.2, 0) is 32.9 Å². The van der Waals surface area contributed by atoms with Crippen LogP contribution in [0.1, 0.15) is 13.8 Å². The normalized spacial score (nSPS) is 15.1. The predicted octanol–water partition coefficient (Wildman–Crippen LogP) is 1.21. The van der Waals surface area contributed by atoms with Gasteiger partial charge in [-0.1, -0.05) is 0 Å². The molecule has 1 unspecified atom stereocenters. The summed E-state index contributed by atoms with van der Waals surface area (Å²) in [5.41, 5.74) is -1.17. The van der Waals surface area contributed by atoms with Crippen molar-refractivity contribution in [3.8, 4) is 0 Å². The smallest absolute Gasteiger partial charge is 0.438 e. The van der Waals surface area contributed by atoms with Crippen LogP contribution in [0.15, 0.2) is 0 Å². The average molecular weight is 306 g/mol. The van der Waals surface area contributed by atoms with Crippen LogP contribution in [0.3, 0.4) is 0 Å². The number of ether oxygens (including phenoxy) is 1.